The second kappa shape index (κ2) is 8.96. The summed E-state index contributed by atoms with van der Waals surface area (Å²) in [5.74, 6) is -0.210. The summed E-state index contributed by atoms with van der Waals surface area (Å²) in [6.07, 6.45) is 0.739. The number of fused-ring (bicyclic) bond motifs is 2. The number of hydrogen-bond acceptors (Lipinski definition) is 6. The molecule has 1 saturated heterocycles. The van der Waals surface area contributed by atoms with Gasteiger partial charge in [0.2, 0.25) is 5.76 Å². The number of morpholine rings is 1. The summed E-state index contributed by atoms with van der Waals surface area (Å²) < 4.78 is 30.5. The molecule has 0 aliphatic carbocycles. The van der Waals surface area contributed by atoms with Crippen molar-refractivity contribution in [1.82, 2.24) is 9.80 Å². The molecule has 1 aromatic heterocycles. The van der Waals surface area contributed by atoms with E-state index in [1.54, 1.807) is 12.0 Å². The lowest BCUT2D eigenvalue weighted by Gasteiger charge is -2.29. The van der Waals surface area contributed by atoms with Crippen LogP contribution in [0.5, 0.6) is 5.75 Å². The molecule has 1 fully saturated rings. The van der Waals surface area contributed by atoms with Crippen LogP contribution in [0.4, 0.5) is 4.39 Å². The van der Waals surface area contributed by atoms with E-state index >= 15 is 0 Å². The molecule has 0 N–H and O–H groups in total. The molecule has 172 valence electrons. The molecule has 0 bridgehead atoms. The third-order valence-corrected chi connectivity index (χ3v) is 6.31. The van der Waals surface area contributed by atoms with Gasteiger partial charge < -0.3 is 18.8 Å². The summed E-state index contributed by atoms with van der Waals surface area (Å²) in [7, 11) is 1.57. The van der Waals surface area contributed by atoms with E-state index in [1.165, 1.54) is 12.1 Å². The minimum absolute atomic E-state index is 0.0262. The molecular weight excluding hydrogens is 427 g/mol. The first-order valence-electron chi connectivity index (χ1n) is 11.1. The number of nitrogens with zero attached hydrogens (tertiary/aromatic N) is 2. The maximum absolute atomic E-state index is 13.9. The highest BCUT2D eigenvalue weighted by Gasteiger charge is 2.42. The van der Waals surface area contributed by atoms with Gasteiger partial charge in [-0.15, -0.1) is 0 Å². The van der Waals surface area contributed by atoms with Gasteiger partial charge in [-0.05, 0) is 42.3 Å². The highest BCUT2D eigenvalue weighted by Crippen LogP contribution is 2.39. The van der Waals surface area contributed by atoms with E-state index in [4.69, 9.17) is 13.9 Å². The molecule has 7 nitrogen and oxygen atoms in total. The second-order valence-corrected chi connectivity index (χ2v) is 8.30. The smallest absolute Gasteiger partial charge is 0.290 e. The van der Waals surface area contributed by atoms with E-state index < -0.39 is 11.9 Å². The predicted molar refractivity (Wildman–Crippen MR) is 120 cm³/mol. The minimum atomic E-state index is -0.629. The van der Waals surface area contributed by atoms with Crippen LogP contribution in [-0.4, -0.2) is 62.2 Å². The molecule has 0 unspecified atom stereocenters. The molecule has 2 aromatic carbocycles. The predicted octanol–water partition coefficient (Wildman–Crippen LogP) is 3.21. The SMILES string of the molecule is COc1cccc([C@@H]2c3c(oc4ccc(F)cc4c3=O)C(=O)N2CCCN2CCOCC2)c1. The number of hydrogen-bond donors (Lipinski definition) is 0. The Balaban J connectivity index is 1.55. The zero-order valence-corrected chi connectivity index (χ0v) is 18.4. The van der Waals surface area contributed by atoms with Crippen LogP contribution in [0, 0.1) is 5.82 Å². The molecule has 0 radical (unpaired) electrons. The lowest BCUT2D eigenvalue weighted by Crippen LogP contribution is -2.38. The average molecular weight is 452 g/mol. The van der Waals surface area contributed by atoms with Crippen LogP contribution in [0.3, 0.4) is 0 Å². The van der Waals surface area contributed by atoms with Crippen molar-refractivity contribution in [1.29, 1.82) is 0 Å². The molecule has 5 rings (SSSR count). The number of amides is 1. The minimum Gasteiger partial charge on any atom is -0.497 e. The fraction of sp³-hybridized carbons (Fsp3) is 0.360. The Hall–Kier alpha value is -3.23. The Bertz CT molecular complexity index is 1250. The Morgan fingerprint density at radius 3 is 2.70 bits per heavy atom. The van der Waals surface area contributed by atoms with E-state index in [2.05, 4.69) is 4.90 Å². The summed E-state index contributed by atoms with van der Waals surface area (Å²) in [6, 6.07) is 10.5. The van der Waals surface area contributed by atoms with Crippen LogP contribution in [0.1, 0.15) is 34.1 Å². The molecular formula is C25H25FN2O5. The Morgan fingerprint density at radius 1 is 1.09 bits per heavy atom. The first kappa shape index (κ1) is 21.6. The van der Waals surface area contributed by atoms with Crippen molar-refractivity contribution >= 4 is 16.9 Å². The highest BCUT2D eigenvalue weighted by atomic mass is 19.1. The van der Waals surface area contributed by atoms with Crippen LogP contribution in [0.2, 0.25) is 0 Å². The Morgan fingerprint density at radius 2 is 1.91 bits per heavy atom. The topological polar surface area (TPSA) is 72.2 Å². The first-order chi connectivity index (χ1) is 16.1. The van der Waals surface area contributed by atoms with Crippen molar-refractivity contribution in [2.75, 3.05) is 46.5 Å². The van der Waals surface area contributed by atoms with Crippen LogP contribution in [-0.2, 0) is 4.74 Å². The summed E-state index contributed by atoms with van der Waals surface area (Å²) in [6.45, 7) is 4.43. The van der Waals surface area contributed by atoms with Crippen LogP contribution in [0.25, 0.3) is 11.0 Å². The van der Waals surface area contributed by atoms with E-state index in [0.29, 0.717) is 25.5 Å². The fourth-order valence-electron chi connectivity index (χ4n) is 4.67. The van der Waals surface area contributed by atoms with Crippen LogP contribution in [0.15, 0.2) is 51.7 Å². The molecule has 3 heterocycles. The van der Waals surface area contributed by atoms with E-state index in [0.717, 1.165) is 37.7 Å². The summed E-state index contributed by atoms with van der Waals surface area (Å²) >= 11 is 0. The monoisotopic (exact) mass is 452 g/mol. The fourth-order valence-corrected chi connectivity index (χ4v) is 4.67. The van der Waals surface area contributed by atoms with Gasteiger partial charge in [-0.3, -0.25) is 14.5 Å². The van der Waals surface area contributed by atoms with Gasteiger partial charge in [0.15, 0.2) is 5.43 Å². The van der Waals surface area contributed by atoms with Crippen molar-refractivity contribution in [2.45, 2.75) is 12.5 Å². The zero-order chi connectivity index (χ0) is 22.9. The number of halogens is 1. The molecule has 2 aliphatic heterocycles. The molecule has 1 amide bonds. The van der Waals surface area contributed by atoms with E-state index in [9.17, 15) is 14.0 Å². The number of carbonyl (C=O) groups is 1. The summed E-state index contributed by atoms with van der Waals surface area (Å²) in [4.78, 5) is 30.9. The van der Waals surface area contributed by atoms with Gasteiger partial charge in [-0.25, -0.2) is 4.39 Å². The van der Waals surface area contributed by atoms with Gasteiger partial charge in [-0.2, -0.15) is 0 Å². The maximum atomic E-state index is 13.9. The standard InChI is InChI=1S/C25H25FN2O5/c1-31-18-5-2-4-16(14-18)22-21-23(29)19-15-17(26)6-7-20(19)33-24(21)25(30)28(22)9-3-8-27-10-12-32-13-11-27/h2,4-7,14-15,22H,3,8-13H2,1H3/t22-/m1/s1. The van der Waals surface area contributed by atoms with Gasteiger partial charge in [0.05, 0.1) is 37.3 Å². The Kier molecular flexibility index (Phi) is 5.86. The number of ether oxygens (including phenoxy) is 2. The third kappa shape index (κ3) is 4.00. The lowest BCUT2D eigenvalue weighted by molar-refractivity contribution is 0.0353. The van der Waals surface area contributed by atoms with Gasteiger partial charge >= 0.3 is 0 Å². The molecule has 0 saturated carbocycles. The molecule has 8 heteroatoms. The number of benzene rings is 2. The van der Waals surface area contributed by atoms with Crippen molar-refractivity contribution in [2.24, 2.45) is 0 Å². The molecule has 2 aliphatic rings. The van der Waals surface area contributed by atoms with Gasteiger partial charge in [-0.1, -0.05) is 12.1 Å². The van der Waals surface area contributed by atoms with Crippen molar-refractivity contribution < 1.29 is 23.1 Å². The number of rotatable bonds is 6. The van der Waals surface area contributed by atoms with Crippen molar-refractivity contribution in [3.63, 3.8) is 0 Å². The number of methoxy groups -OCH3 is 1. The molecule has 0 spiro atoms. The summed E-state index contributed by atoms with van der Waals surface area (Å²) in [5, 5.41) is 0.129. The maximum Gasteiger partial charge on any atom is 0.290 e. The van der Waals surface area contributed by atoms with Crippen LogP contribution >= 0.6 is 0 Å². The first-order valence-corrected chi connectivity index (χ1v) is 11.1. The van der Waals surface area contributed by atoms with Gasteiger partial charge in [0, 0.05) is 26.2 Å². The normalized spacial score (nSPS) is 18.7. The average Bonchev–Trinajstić information content (AvgIpc) is 3.12. The summed E-state index contributed by atoms with van der Waals surface area (Å²) in [5.41, 5.74) is 0.809. The van der Waals surface area contributed by atoms with Crippen LogP contribution < -0.4 is 10.2 Å². The van der Waals surface area contributed by atoms with Crippen molar-refractivity contribution in [3.05, 3.63) is 75.4 Å². The quantitative estimate of drug-likeness (QED) is 0.572. The zero-order valence-electron chi connectivity index (χ0n) is 18.4. The molecule has 3 aromatic rings. The van der Waals surface area contributed by atoms with E-state index in [-0.39, 0.29) is 33.6 Å². The van der Waals surface area contributed by atoms with E-state index in [1.807, 2.05) is 24.3 Å². The highest BCUT2D eigenvalue weighted by molar-refractivity contribution is 5.99. The number of carbonyl (C=O) groups excluding carboxylic acids is 1. The van der Waals surface area contributed by atoms with Crippen molar-refractivity contribution in [3.8, 4) is 5.75 Å². The van der Waals surface area contributed by atoms with Gasteiger partial charge in [0.1, 0.15) is 17.1 Å². The van der Waals surface area contributed by atoms with Gasteiger partial charge in [0.25, 0.3) is 5.91 Å². The third-order valence-electron chi connectivity index (χ3n) is 6.31. The Labute approximate surface area is 190 Å². The second-order valence-electron chi connectivity index (χ2n) is 8.30. The largest absolute Gasteiger partial charge is 0.497 e. The molecule has 1 atom stereocenters. The molecule has 33 heavy (non-hydrogen) atoms. The lowest BCUT2D eigenvalue weighted by atomic mass is 9.98.